The molecular formula is C11H19NO6. The highest BCUT2D eigenvalue weighted by atomic mass is 16.6. The van der Waals surface area contributed by atoms with Crippen LogP contribution < -0.4 is 5.32 Å². The Bertz CT molecular complexity index is 325. The van der Waals surface area contributed by atoms with E-state index < -0.39 is 30.0 Å². The van der Waals surface area contributed by atoms with Gasteiger partial charge in [0, 0.05) is 13.3 Å². The number of hydrogen-bond acceptors (Lipinski definition) is 6. The number of aliphatic hydroxyl groups excluding tert-OH is 3. The van der Waals surface area contributed by atoms with E-state index in [9.17, 15) is 20.1 Å². The number of aliphatic hydroxyl groups is 3. The average Bonchev–Trinajstić information content (AvgIpc) is 2.34. The van der Waals surface area contributed by atoms with Crippen LogP contribution in [0.2, 0.25) is 0 Å². The lowest BCUT2D eigenvalue weighted by atomic mass is 9.83. The van der Waals surface area contributed by atoms with Gasteiger partial charge in [-0.05, 0) is 0 Å². The van der Waals surface area contributed by atoms with Crippen molar-refractivity contribution in [3.63, 3.8) is 0 Å². The van der Waals surface area contributed by atoms with Crippen LogP contribution in [0, 0.1) is 0 Å². The summed E-state index contributed by atoms with van der Waals surface area (Å²) >= 11 is 0. The number of hydrogen-bond donors (Lipinski definition) is 4. The number of rotatable bonds is 3. The van der Waals surface area contributed by atoms with Gasteiger partial charge in [0.1, 0.15) is 17.8 Å². The molecular weight excluding hydrogens is 242 g/mol. The Hall–Kier alpha value is -0.730. The minimum atomic E-state index is -0.940. The number of carbonyl (C=O) groups excluding carboxylic acids is 1. The van der Waals surface area contributed by atoms with E-state index in [2.05, 4.69) is 5.32 Å². The van der Waals surface area contributed by atoms with Gasteiger partial charge in [-0.15, -0.1) is 0 Å². The fourth-order valence-corrected chi connectivity index (χ4v) is 2.61. The highest BCUT2D eigenvalue weighted by molar-refractivity contribution is 5.73. The van der Waals surface area contributed by atoms with Gasteiger partial charge >= 0.3 is 0 Å². The van der Waals surface area contributed by atoms with E-state index in [1.165, 1.54) is 6.92 Å². The molecule has 2 fully saturated rings. The lowest BCUT2D eigenvalue weighted by Gasteiger charge is -2.52. The van der Waals surface area contributed by atoms with Crippen molar-refractivity contribution in [2.45, 2.75) is 43.3 Å². The van der Waals surface area contributed by atoms with E-state index >= 15 is 0 Å². The summed E-state index contributed by atoms with van der Waals surface area (Å²) in [5.74, 6) is -0.290. The Morgan fingerprint density at radius 3 is 2.78 bits per heavy atom. The quantitative estimate of drug-likeness (QED) is 0.457. The van der Waals surface area contributed by atoms with Crippen LogP contribution in [0.4, 0.5) is 0 Å². The second kappa shape index (κ2) is 5.10. The molecule has 0 aliphatic carbocycles. The van der Waals surface area contributed by atoms with Gasteiger partial charge in [0.25, 0.3) is 0 Å². The zero-order chi connectivity index (χ0) is 13.3. The van der Waals surface area contributed by atoms with Gasteiger partial charge < -0.3 is 30.1 Å². The molecule has 2 saturated heterocycles. The predicted octanol–water partition coefficient (Wildman–Crippen LogP) is -2.24. The summed E-state index contributed by atoms with van der Waals surface area (Å²) in [6.07, 6.45) is -1.93. The molecule has 7 nitrogen and oxygen atoms in total. The number of nitrogens with one attached hydrogen (secondary N) is 1. The van der Waals surface area contributed by atoms with Crippen LogP contribution in [0.1, 0.15) is 13.3 Å². The van der Waals surface area contributed by atoms with E-state index in [0.717, 1.165) is 0 Å². The van der Waals surface area contributed by atoms with Crippen molar-refractivity contribution in [3.8, 4) is 0 Å². The molecule has 18 heavy (non-hydrogen) atoms. The van der Waals surface area contributed by atoms with Crippen molar-refractivity contribution < 1.29 is 29.6 Å². The molecule has 4 N–H and O–H groups in total. The zero-order valence-corrected chi connectivity index (χ0v) is 10.2. The summed E-state index contributed by atoms with van der Waals surface area (Å²) in [5, 5.41) is 31.3. The van der Waals surface area contributed by atoms with Gasteiger partial charge in [0.15, 0.2) is 0 Å². The summed E-state index contributed by atoms with van der Waals surface area (Å²) in [6.45, 7) is 0.924. The molecule has 1 amide bonds. The Kier molecular flexibility index (Phi) is 3.88. The van der Waals surface area contributed by atoms with Crippen LogP contribution in [-0.4, -0.2) is 71.0 Å². The molecule has 0 aromatic carbocycles. The molecule has 0 saturated carbocycles. The molecule has 7 heteroatoms. The molecule has 0 spiro atoms. The third kappa shape index (κ3) is 2.36. The highest BCUT2D eigenvalue weighted by Crippen LogP contribution is 2.36. The van der Waals surface area contributed by atoms with Crippen molar-refractivity contribution >= 4 is 5.91 Å². The third-order valence-corrected chi connectivity index (χ3v) is 3.50. The number of fused-ring (bicyclic) bond motifs is 2. The lowest BCUT2D eigenvalue weighted by molar-refractivity contribution is -0.291. The fraction of sp³-hybridized carbons (Fsp3) is 0.909. The molecule has 5 atom stereocenters. The largest absolute Gasteiger partial charge is 0.394 e. The maximum absolute atomic E-state index is 11.1. The molecule has 0 aromatic rings. The monoisotopic (exact) mass is 261 g/mol. The van der Waals surface area contributed by atoms with Gasteiger partial charge in [0.2, 0.25) is 5.91 Å². The van der Waals surface area contributed by atoms with Gasteiger partial charge in [-0.3, -0.25) is 4.79 Å². The van der Waals surface area contributed by atoms with E-state index in [1.807, 2.05) is 0 Å². The minimum Gasteiger partial charge on any atom is -0.394 e. The molecule has 0 radical (unpaired) electrons. The normalized spacial score (nSPS) is 43.6. The first kappa shape index (κ1) is 13.7. The van der Waals surface area contributed by atoms with Crippen LogP contribution in [0.5, 0.6) is 0 Å². The first-order chi connectivity index (χ1) is 8.51. The number of ether oxygens (including phenoxy) is 2. The first-order valence-electron chi connectivity index (χ1n) is 5.97. The second-order valence-corrected chi connectivity index (χ2v) is 4.95. The van der Waals surface area contributed by atoms with Crippen LogP contribution in [-0.2, 0) is 14.3 Å². The summed E-state index contributed by atoms with van der Waals surface area (Å²) in [4.78, 5) is 11.1. The van der Waals surface area contributed by atoms with Gasteiger partial charge in [-0.25, -0.2) is 0 Å². The van der Waals surface area contributed by atoms with Crippen molar-refractivity contribution in [2.75, 3.05) is 19.8 Å². The Balaban J connectivity index is 2.20. The van der Waals surface area contributed by atoms with Crippen LogP contribution >= 0.6 is 0 Å². The lowest BCUT2D eigenvalue weighted by Crippen LogP contribution is -2.69. The predicted molar refractivity (Wildman–Crippen MR) is 59.7 cm³/mol. The van der Waals surface area contributed by atoms with Gasteiger partial charge in [0.05, 0.1) is 32.0 Å². The molecule has 2 bridgehead atoms. The molecule has 104 valence electrons. The molecule has 2 heterocycles. The van der Waals surface area contributed by atoms with Crippen molar-refractivity contribution in [1.29, 1.82) is 0 Å². The Morgan fingerprint density at radius 2 is 2.22 bits per heavy atom. The summed E-state index contributed by atoms with van der Waals surface area (Å²) in [5.41, 5.74) is -0.940. The second-order valence-electron chi connectivity index (χ2n) is 4.95. The maximum atomic E-state index is 11.1. The van der Waals surface area contributed by atoms with Gasteiger partial charge in [-0.2, -0.15) is 0 Å². The molecule has 2 aliphatic rings. The van der Waals surface area contributed by atoms with Crippen molar-refractivity contribution in [3.05, 3.63) is 0 Å². The molecule has 5 unspecified atom stereocenters. The summed E-state index contributed by atoms with van der Waals surface area (Å²) in [6, 6.07) is -0.639. The summed E-state index contributed by atoms with van der Waals surface area (Å²) < 4.78 is 11.2. The van der Waals surface area contributed by atoms with E-state index in [0.29, 0.717) is 0 Å². The van der Waals surface area contributed by atoms with Crippen molar-refractivity contribution in [2.24, 2.45) is 0 Å². The molecule has 0 aromatic heterocycles. The maximum Gasteiger partial charge on any atom is 0.217 e. The molecule has 2 aliphatic heterocycles. The SMILES string of the molecule is CC(=O)NC1C(O)CC2(CO)COC(CO)C1O2. The van der Waals surface area contributed by atoms with Gasteiger partial charge in [-0.1, -0.05) is 0 Å². The van der Waals surface area contributed by atoms with E-state index in [-0.39, 0.29) is 32.1 Å². The van der Waals surface area contributed by atoms with Crippen molar-refractivity contribution in [1.82, 2.24) is 5.32 Å². The van der Waals surface area contributed by atoms with E-state index in [4.69, 9.17) is 9.47 Å². The topological polar surface area (TPSA) is 108 Å². The van der Waals surface area contributed by atoms with E-state index in [1.54, 1.807) is 0 Å². The fourth-order valence-electron chi connectivity index (χ4n) is 2.61. The minimum absolute atomic E-state index is 0.120. The number of amides is 1. The highest BCUT2D eigenvalue weighted by Gasteiger charge is 2.53. The van der Waals surface area contributed by atoms with Crippen LogP contribution in [0.15, 0.2) is 0 Å². The number of carbonyl (C=O) groups is 1. The smallest absolute Gasteiger partial charge is 0.217 e. The third-order valence-electron chi connectivity index (χ3n) is 3.50. The Morgan fingerprint density at radius 1 is 1.50 bits per heavy atom. The summed E-state index contributed by atoms with van der Waals surface area (Å²) in [7, 11) is 0. The zero-order valence-electron chi connectivity index (χ0n) is 10.2. The molecule has 2 rings (SSSR count). The first-order valence-corrected chi connectivity index (χ1v) is 5.97. The average molecular weight is 261 g/mol. The van der Waals surface area contributed by atoms with Crippen LogP contribution in [0.3, 0.4) is 0 Å². The Labute approximate surface area is 105 Å². The standard InChI is InChI=1S/C11H19NO6/c1-6(15)12-9-7(16)2-11(4-14)5-17-8(3-13)10(9)18-11/h7-10,13-14,16H,2-5H2,1H3,(H,12,15). The van der Waals surface area contributed by atoms with Crippen LogP contribution in [0.25, 0.3) is 0 Å².